The minimum absolute atomic E-state index is 0.125. The second kappa shape index (κ2) is 6.51. The lowest BCUT2D eigenvalue weighted by Gasteiger charge is -2.09. The Bertz CT molecular complexity index is 798. The number of rotatable bonds is 5. The zero-order chi connectivity index (χ0) is 16.4. The number of hydrogen-bond donors (Lipinski definition) is 1. The van der Waals surface area contributed by atoms with Crippen molar-refractivity contribution in [2.75, 3.05) is 11.3 Å². The van der Waals surface area contributed by atoms with Gasteiger partial charge in [-0.3, -0.25) is 9.40 Å². The Labute approximate surface area is 140 Å². The van der Waals surface area contributed by atoms with Gasteiger partial charge in [-0.05, 0) is 37.5 Å². The SMILES string of the molecule is Cc1ccc(S(=O)(=O)Nc2cnn(CC3CCCO3)c2)cc1Cl. The van der Waals surface area contributed by atoms with Gasteiger partial charge in [0.25, 0.3) is 10.0 Å². The van der Waals surface area contributed by atoms with Crippen LogP contribution in [0.15, 0.2) is 35.5 Å². The van der Waals surface area contributed by atoms with Crippen molar-refractivity contribution in [3.8, 4) is 0 Å². The van der Waals surface area contributed by atoms with E-state index in [2.05, 4.69) is 9.82 Å². The summed E-state index contributed by atoms with van der Waals surface area (Å²) in [6.45, 7) is 3.22. The van der Waals surface area contributed by atoms with Crippen LogP contribution in [0.1, 0.15) is 18.4 Å². The van der Waals surface area contributed by atoms with E-state index in [4.69, 9.17) is 16.3 Å². The molecule has 1 unspecified atom stereocenters. The number of benzene rings is 1. The third kappa shape index (κ3) is 3.85. The maximum atomic E-state index is 12.4. The van der Waals surface area contributed by atoms with Gasteiger partial charge in [0.15, 0.2) is 0 Å². The fourth-order valence-corrected chi connectivity index (χ4v) is 3.77. The molecule has 6 nitrogen and oxygen atoms in total. The number of nitrogens with zero attached hydrogens (tertiary/aromatic N) is 2. The molecular formula is C15H18ClN3O3S. The molecule has 2 aromatic rings. The average Bonchev–Trinajstić information content (AvgIpc) is 3.14. The molecule has 1 fully saturated rings. The van der Waals surface area contributed by atoms with Gasteiger partial charge in [-0.1, -0.05) is 17.7 Å². The van der Waals surface area contributed by atoms with Crippen molar-refractivity contribution in [3.63, 3.8) is 0 Å². The summed E-state index contributed by atoms with van der Waals surface area (Å²) in [6.07, 6.45) is 5.36. The van der Waals surface area contributed by atoms with Gasteiger partial charge in [-0.2, -0.15) is 5.10 Å². The third-order valence-electron chi connectivity index (χ3n) is 3.75. The summed E-state index contributed by atoms with van der Waals surface area (Å²) in [7, 11) is -3.69. The van der Waals surface area contributed by atoms with Crippen molar-refractivity contribution in [1.82, 2.24) is 9.78 Å². The van der Waals surface area contributed by atoms with Crippen LogP contribution in [-0.4, -0.2) is 30.9 Å². The van der Waals surface area contributed by atoms with Crippen molar-refractivity contribution in [1.29, 1.82) is 0 Å². The lowest BCUT2D eigenvalue weighted by molar-refractivity contribution is 0.0940. The van der Waals surface area contributed by atoms with E-state index in [-0.39, 0.29) is 11.0 Å². The Hall–Kier alpha value is -1.57. The standard InChI is InChI=1S/C15H18ClN3O3S/c1-11-4-5-14(7-15(11)16)23(20,21)18-12-8-17-19(9-12)10-13-3-2-6-22-13/h4-5,7-9,13,18H,2-3,6,10H2,1H3. The van der Waals surface area contributed by atoms with Crippen LogP contribution in [0.4, 0.5) is 5.69 Å². The van der Waals surface area contributed by atoms with Gasteiger partial charge in [0.05, 0.1) is 29.4 Å². The smallest absolute Gasteiger partial charge is 0.262 e. The summed E-state index contributed by atoms with van der Waals surface area (Å²) in [5.41, 5.74) is 1.25. The topological polar surface area (TPSA) is 73.2 Å². The molecule has 1 aromatic heterocycles. The molecule has 23 heavy (non-hydrogen) atoms. The number of anilines is 1. The van der Waals surface area contributed by atoms with Gasteiger partial charge in [-0.25, -0.2) is 8.42 Å². The highest BCUT2D eigenvalue weighted by molar-refractivity contribution is 7.92. The summed E-state index contributed by atoms with van der Waals surface area (Å²) >= 11 is 6.00. The number of nitrogens with one attached hydrogen (secondary N) is 1. The van der Waals surface area contributed by atoms with Crippen LogP contribution in [0.2, 0.25) is 5.02 Å². The first kappa shape index (κ1) is 16.3. The molecule has 1 saturated heterocycles. The molecule has 124 valence electrons. The van der Waals surface area contributed by atoms with Gasteiger partial charge in [0.2, 0.25) is 0 Å². The summed E-state index contributed by atoms with van der Waals surface area (Å²) in [6, 6.07) is 4.65. The summed E-state index contributed by atoms with van der Waals surface area (Å²) in [5, 5.41) is 4.59. The van der Waals surface area contributed by atoms with Gasteiger partial charge < -0.3 is 4.74 Å². The molecule has 3 rings (SSSR count). The van der Waals surface area contributed by atoms with Crippen LogP contribution < -0.4 is 4.72 Å². The summed E-state index contributed by atoms with van der Waals surface area (Å²) in [5.74, 6) is 0. The Morgan fingerprint density at radius 2 is 2.30 bits per heavy atom. The fourth-order valence-electron chi connectivity index (χ4n) is 2.47. The first-order valence-electron chi connectivity index (χ1n) is 7.37. The number of halogens is 1. The lowest BCUT2D eigenvalue weighted by Crippen LogP contribution is -2.15. The van der Waals surface area contributed by atoms with E-state index in [9.17, 15) is 8.42 Å². The number of sulfonamides is 1. The second-order valence-corrected chi connectivity index (χ2v) is 7.69. The molecule has 1 aliphatic rings. The van der Waals surface area contributed by atoms with Crippen LogP contribution in [0, 0.1) is 6.92 Å². The molecule has 1 N–H and O–H groups in total. The predicted octanol–water partition coefficient (Wildman–Crippen LogP) is 2.82. The molecule has 0 bridgehead atoms. The van der Waals surface area contributed by atoms with Crippen molar-refractivity contribution >= 4 is 27.3 Å². The number of ether oxygens (including phenoxy) is 1. The maximum absolute atomic E-state index is 12.4. The van der Waals surface area contributed by atoms with Gasteiger partial charge in [-0.15, -0.1) is 0 Å². The Balaban J connectivity index is 1.72. The molecular weight excluding hydrogens is 338 g/mol. The van der Waals surface area contributed by atoms with E-state index in [1.807, 2.05) is 6.92 Å². The van der Waals surface area contributed by atoms with Crippen molar-refractivity contribution in [2.24, 2.45) is 0 Å². The normalized spacial score (nSPS) is 18.3. The number of hydrogen-bond acceptors (Lipinski definition) is 4. The zero-order valence-electron chi connectivity index (χ0n) is 12.7. The molecule has 0 aliphatic carbocycles. The van der Waals surface area contributed by atoms with E-state index >= 15 is 0 Å². The van der Waals surface area contributed by atoms with Crippen LogP contribution >= 0.6 is 11.6 Å². The Morgan fingerprint density at radius 3 is 3.00 bits per heavy atom. The minimum atomic E-state index is -3.69. The van der Waals surface area contributed by atoms with E-state index in [0.717, 1.165) is 25.0 Å². The highest BCUT2D eigenvalue weighted by Crippen LogP contribution is 2.22. The van der Waals surface area contributed by atoms with Crippen molar-refractivity contribution < 1.29 is 13.2 Å². The van der Waals surface area contributed by atoms with E-state index in [1.165, 1.54) is 18.3 Å². The van der Waals surface area contributed by atoms with Crippen LogP contribution in [0.25, 0.3) is 0 Å². The Kier molecular flexibility index (Phi) is 4.61. The fraction of sp³-hybridized carbons (Fsp3) is 0.400. The molecule has 1 atom stereocenters. The molecule has 0 spiro atoms. The zero-order valence-corrected chi connectivity index (χ0v) is 14.3. The van der Waals surface area contributed by atoms with E-state index in [1.54, 1.807) is 16.9 Å². The van der Waals surface area contributed by atoms with Crippen molar-refractivity contribution in [3.05, 3.63) is 41.2 Å². The number of aryl methyl sites for hydroxylation is 1. The quantitative estimate of drug-likeness (QED) is 0.895. The maximum Gasteiger partial charge on any atom is 0.262 e. The van der Waals surface area contributed by atoms with Gasteiger partial charge in [0, 0.05) is 17.8 Å². The second-order valence-electron chi connectivity index (χ2n) is 5.60. The monoisotopic (exact) mass is 355 g/mol. The van der Waals surface area contributed by atoms with Gasteiger partial charge >= 0.3 is 0 Å². The molecule has 8 heteroatoms. The molecule has 1 aliphatic heterocycles. The lowest BCUT2D eigenvalue weighted by atomic mass is 10.2. The molecule has 1 aromatic carbocycles. The first-order chi connectivity index (χ1) is 10.9. The van der Waals surface area contributed by atoms with Gasteiger partial charge in [0.1, 0.15) is 0 Å². The van der Waals surface area contributed by atoms with E-state index < -0.39 is 10.0 Å². The van der Waals surface area contributed by atoms with Crippen molar-refractivity contribution in [2.45, 2.75) is 37.3 Å². The molecule has 0 radical (unpaired) electrons. The van der Waals surface area contributed by atoms with Crippen LogP contribution in [0.5, 0.6) is 0 Å². The minimum Gasteiger partial charge on any atom is -0.376 e. The predicted molar refractivity (Wildman–Crippen MR) is 88.2 cm³/mol. The molecule has 0 saturated carbocycles. The first-order valence-corrected chi connectivity index (χ1v) is 9.23. The molecule has 2 heterocycles. The average molecular weight is 356 g/mol. The van der Waals surface area contributed by atoms with Crippen LogP contribution in [-0.2, 0) is 21.3 Å². The van der Waals surface area contributed by atoms with Crippen LogP contribution in [0.3, 0.4) is 0 Å². The van der Waals surface area contributed by atoms with E-state index in [0.29, 0.717) is 17.3 Å². The summed E-state index contributed by atoms with van der Waals surface area (Å²) < 4.78 is 34.5. The number of aromatic nitrogens is 2. The third-order valence-corrected chi connectivity index (χ3v) is 5.54. The highest BCUT2D eigenvalue weighted by Gasteiger charge is 2.18. The largest absolute Gasteiger partial charge is 0.376 e. The molecule has 0 amide bonds. The summed E-state index contributed by atoms with van der Waals surface area (Å²) in [4.78, 5) is 0.125. The highest BCUT2D eigenvalue weighted by atomic mass is 35.5. The Morgan fingerprint density at radius 1 is 1.48 bits per heavy atom.